The molecule has 1 aliphatic heterocycles. The Morgan fingerprint density at radius 3 is 2.68 bits per heavy atom. The summed E-state index contributed by atoms with van der Waals surface area (Å²) in [6, 6.07) is 6.72. The first-order valence-corrected chi connectivity index (χ1v) is 10.0. The SMILES string of the molecule is CN=C(NCc1cccc(S(N)(=O)=O)c1)N1CCC2(CCCC2)C1.I. The topological polar surface area (TPSA) is 87.8 Å². The van der Waals surface area contributed by atoms with Crippen LogP contribution < -0.4 is 10.5 Å². The van der Waals surface area contributed by atoms with Gasteiger partial charge in [0.25, 0.3) is 0 Å². The lowest BCUT2D eigenvalue weighted by Crippen LogP contribution is -2.40. The molecule has 1 aromatic carbocycles. The summed E-state index contributed by atoms with van der Waals surface area (Å²) in [5.41, 5.74) is 1.36. The van der Waals surface area contributed by atoms with E-state index in [4.69, 9.17) is 5.14 Å². The Labute approximate surface area is 167 Å². The number of rotatable bonds is 3. The van der Waals surface area contributed by atoms with E-state index < -0.39 is 10.0 Å². The van der Waals surface area contributed by atoms with Crippen LogP contribution in [0.3, 0.4) is 0 Å². The molecular formula is C17H27IN4O2S. The molecule has 0 unspecified atom stereocenters. The molecule has 3 N–H and O–H groups in total. The molecule has 8 heteroatoms. The number of nitrogens with one attached hydrogen (secondary N) is 1. The normalized spacial score (nSPS) is 19.9. The van der Waals surface area contributed by atoms with E-state index in [0.717, 1.165) is 24.6 Å². The third-order valence-corrected chi connectivity index (χ3v) is 6.20. The molecule has 6 nitrogen and oxygen atoms in total. The van der Waals surface area contributed by atoms with Crippen LogP contribution in [0.5, 0.6) is 0 Å². The Kier molecular flexibility index (Phi) is 6.72. The molecule has 1 spiro atoms. The molecule has 0 radical (unpaired) electrons. The highest BCUT2D eigenvalue weighted by atomic mass is 127. The predicted octanol–water partition coefficient (Wildman–Crippen LogP) is 2.29. The third kappa shape index (κ3) is 4.85. The monoisotopic (exact) mass is 478 g/mol. The molecule has 1 aromatic rings. The first kappa shape index (κ1) is 20.4. The lowest BCUT2D eigenvalue weighted by atomic mass is 9.86. The standard InChI is InChI=1S/C17H26N4O2S.HI/c1-19-16(21-10-9-17(13-21)7-2-3-8-17)20-12-14-5-4-6-15(11-14)24(18,22)23;/h4-6,11H,2-3,7-10,12-13H2,1H3,(H,19,20)(H2,18,22,23);1H. The lowest BCUT2D eigenvalue weighted by Gasteiger charge is -2.26. The summed E-state index contributed by atoms with van der Waals surface area (Å²) >= 11 is 0. The van der Waals surface area contributed by atoms with Crippen LogP contribution in [0.1, 0.15) is 37.7 Å². The number of primary sulfonamides is 1. The lowest BCUT2D eigenvalue weighted by molar-refractivity contribution is 0.309. The molecule has 1 aliphatic carbocycles. The minimum absolute atomic E-state index is 0. The van der Waals surface area contributed by atoms with Gasteiger partial charge in [0.2, 0.25) is 10.0 Å². The summed E-state index contributed by atoms with van der Waals surface area (Å²) in [5, 5.41) is 8.55. The molecule has 1 saturated heterocycles. The summed E-state index contributed by atoms with van der Waals surface area (Å²) in [6.07, 6.45) is 6.60. The molecule has 0 bridgehead atoms. The molecule has 1 saturated carbocycles. The van der Waals surface area contributed by atoms with E-state index in [2.05, 4.69) is 15.2 Å². The number of hydrogen-bond donors (Lipinski definition) is 2. The van der Waals surface area contributed by atoms with Gasteiger partial charge in [0.15, 0.2) is 5.96 Å². The molecule has 1 heterocycles. The van der Waals surface area contributed by atoms with Crippen LogP contribution in [-0.4, -0.2) is 39.4 Å². The third-order valence-electron chi connectivity index (χ3n) is 5.29. The Bertz CT molecular complexity index is 730. The Morgan fingerprint density at radius 1 is 1.32 bits per heavy atom. The fourth-order valence-corrected chi connectivity index (χ4v) is 4.58. The minimum Gasteiger partial charge on any atom is -0.352 e. The van der Waals surface area contributed by atoms with Crippen LogP contribution >= 0.6 is 24.0 Å². The first-order valence-electron chi connectivity index (χ1n) is 8.49. The van der Waals surface area contributed by atoms with E-state index in [1.54, 1.807) is 19.2 Å². The highest BCUT2D eigenvalue weighted by Gasteiger charge is 2.41. The van der Waals surface area contributed by atoms with Crippen molar-refractivity contribution in [3.05, 3.63) is 29.8 Å². The second-order valence-electron chi connectivity index (χ2n) is 6.97. The number of aliphatic imine (C=N–C) groups is 1. The summed E-state index contributed by atoms with van der Waals surface area (Å²) in [6.45, 7) is 2.64. The fourth-order valence-electron chi connectivity index (χ4n) is 3.99. The molecule has 0 aromatic heterocycles. The van der Waals surface area contributed by atoms with Crippen molar-refractivity contribution in [3.8, 4) is 0 Å². The van der Waals surface area contributed by atoms with E-state index in [9.17, 15) is 8.42 Å². The van der Waals surface area contributed by atoms with Gasteiger partial charge < -0.3 is 10.2 Å². The fraction of sp³-hybridized carbons (Fsp3) is 0.588. The van der Waals surface area contributed by atoms with E-state index in [0.29, 0.717) is 12.0 Å². The summed E-state index contributed by atoms with van der Waals surface area (Å²) < 4.78 is 22.9. The smallest absolute Gasteiger partial charge is 0.238 e. The van der Waals surface area contributed by atoms with Gasteiger partial charge in [0.1, 0.15) is 0 Å². The van der Waals surface area contributed by atoms with Gasteiger partial charge in [-0.25, -0.2) is 13.6 Å². The maximum Gasteiger partial charge on any atom is 0.238 e. The first-order chi connectivity index (χ1) is 11.4. The second-order valence-corrected chi connectivity index (χ2v) is 8.53. The van der Waals surface area contributed by atoms with E-state index in [1.807, 2.05) is 6.07 Å². The van der Waals surface area contributed by atoms with E-state index in [-0.39, 0.29) is 28.9 Å². The Balaban J connectivity index is 0.00000225. The van der Waals surface area contributed by atoms with Gasteiger partial charge in [0.05, 0.1) is 4.90 Å². The van der Waals surface area contributed by atoms with Gasteiger partial charge in [-0.3, -0.25) is 4.99 Å². The van der Waals surface area contributed by atoms with Crippen molar-refractivity contribution in [2.75, 3.05) is 20.1 Å². The summed E-state index contributed by atoms with van der Waals surface area (Å²) in [5.74, 6) is 0.889. The number of benzene rings is 1. The van der Waals surface area contributed by atoms with Crippen molar-refractivity contribution in [3.63, 3.8) is 0 Å². The molecule has 0 amide bonds. The Hall–Kier alpha value is -0.870. The zero-order valence-corrected chi connectivity index (χ0v) is 17.7. The Morgan fingerprint density at radius 2 is 2.04 bits per heavy atom. The van der Waals surface area contributed by atoms with Crippen molar-refractivity contribution in [1.82, 2.24) is 10.2 Å². The van der Waals surface area contributed by atoms with Crippen LogP contribution in [0.4, 0.5) is 0 Å². The van der Waals surface area contributed by atoms with E-state index in [1.165, 1.54) is 38.2 Å². The number of nitrogens with two attached hydrogens (primary N) is 1. The van der Waals surface area contributed by atoms with Gasteiger partial charge in [-0.15, -0.1) is 24.0 Å². The van der Waals surface area contributed by atoms with Crippen molar-refractivity contribution < 1.29 is 8.42 Å². The van der Waals surface area contributed by atoms with Crippen LogP contribution in [0.2, 0.25) is 0 Å². The van der Waals surface area contributed by atoms with Gasteiger partial charge >= 0.3 is 0 Å². The van der Waals surface area contributed by atoms with Crippen LogP contribution in [-0.2, 0) is 16.6 Å². The highest BCUT2D eigenvalue weighted by Crippen LogP contribution is 2.45. The van der Waals surface area contributed by atoms with Gasteiger partial charge in [0, 0.05) is 26.7 Å². The molecule has 0 atom stereocenters. The molecular weight excluding hydrogens is 451 g/mol. The van der Waals surface area contributed by atoms with Crippen molar-refractivity contribution in [2.24, 2.45) is 15.5 Å². The average Bonchev–Trinajstić information content (AvgIpc) is 3.18. The predicted molar refractivity (Wildman–Crippen MR) is 111 cm³/mol. The van der Waals surface area contributed by atoms with Crippen molar-refractivity contribution >= 4 is 40.0 Å². The number of likely N-dealkylation sites (tertiary alicyclic amines) is 1. The van der Waals surface area contributed by atoms with Gasteiger partial charge in [-0.1, -0.05) is 25.0 Å². The van der Waals surface area contributed by atoms with Gasteiger partial charge in [-0.2, -0.15) is 0 Å². The highest BCUT2D eigenvalue weighted by molar-refractivity contribution is 14.0. The zero-order chi connectivity index (χ0) is 17.2. The zero-order valence-electron chi connectivity index (χ0n) is 14.6. The quantitative estimate of drug-likeness (QED) is 0.397. The molecule has 3 rings (SSSR count). The van der Waals surface area contributed by atoms with Crippen molar-refractivity contribution in [1.29, 1.82) is 0 Å². The van der Waals surface area contributed by atoms with Crippen molar-refractivity contribution in [2.45, 2.75) is 43.5 Å². The number of halogens is 1. The maximum atomic E-state index is 11.5. The van der Waals surface area contributed by atoms with Gasteiger partial charge in [-0.05, 0) is 42.4 Å². The minimum atomic E-state index is -3.67. The van der Waals surface area contributed by atoms with Crippen LogP contribution in [0.25, 0.3) is 0 Å². The maximum absolute atomic E-state index is 11.5. The second kappa shape index (κ2) is 8.22. The number of nitrogens with zero attached hydrogens (tertiary/aromatic N) is 2. The molecule has 2 aliphatic rings. The van der Waals surface area contributed by atoms with E-state index >= 15 is 0 Å². The number of guanidine groups is 1. The number of sulfonamides is 1. The molecule has 140 valence electrons. The average molecular weight is 478 g/mol. The molecule has 2 fully saturated rings. The summed E-state index contributed by atoms with van der Waals surface area (Å²) in [7, 11) is -1.87. The van der Waals surface area contributed by atoms with Crippen LogP contribution in [0, 0.1) is 5.41 Å². The number of hydrogen-bond acceptors (Lipinski definition) is 3. The molecule has 25 heavy (non-hydrogen) atoms. The van der Waals surface area contributed by atoms with Crippen LogP contribution in [0.15, 0.2) is 34.2 Å². The largest absolute Gasteiger partial charge is 0.352 e. The summed E-state index contributed by atoms with van der Waals surface area (Å²) in [4.78, 5) is 6.87.